The molecule has 0 saturated carbocycles. The monoisotopic (exact) mass is 334 g/mol. The number of anilines is 1. The Hall–Kier alpha value is -2.72. The number of aromatic nitrogens is 2. The number of rotatable bonds is 2. The van der Waals surface area contributed by atoms with Gasteiger partial charge in [0.25, 0.3) is 0 Å². The molecule has 1 atom stereocenters. The molecule has 1 unspecified atom stereocenters. The third-order valence-electron chi connectivity index (χ3n) is 4.10. The summed E-state index contributed by atoms with van der Waals surface area (Å²) in [7, 11) is 0. The van der Waals surface area contributed by atoms with Gasteiger partial charge in [-0.15, -0.1) is 0 Å². The Balaban J connectivity index is 1.77. The molecule has 4 rings (SSSR count). The van der Waals surface area contributed by atoms with E-state index in [0.717, 1.165) is 33.5 Å². The van der Waals surface area contributed by atoms with Crippen molar-refractivity contribution >= 4 is 34.5 Å². The molecule has 24 heavy (non-hydrogen) atoms. The average molecular weight is 335 g/mol. The van der Waals surface area contributed by atoms with Gasteiger partial charge in [0, 0.05) is 22.8 Å². The molecule has 0 saturated heterocycles. The second-order valence-corrected chi connectivity index (χ2v) is 6.17. The van der Waals surface area contributed by atoms with E-state index < -0.39 is 0 Å². The highest BCUT2D eigenvalue weighted by molar-refractivity contribution is 6.30. The summed E-state index contributed by atoms with van der Waals surface area (Å²) in [6, 6.07) is 13.8. The molecule has 1 aliphatic rings. The topological polar surface area (TPSA) is 64.2 Å². The van der Waals surface area contributed by atoms with Crippen LogP contribution in [0.15, 0.2) is 59.7 Å². The van der Waals surface area contributed by atoms with E-state index in [-0.39, 0.29) is 5.92 Å². The minimum atomic E-state index is 0.0811. The largest absolute Gasteiger partial charge is 0.383 e. The molecule has 0 amide bonds. The van der Waals surface area contributed by atoms with Crippen LogP contribution in [0, 0.1) is 0 Å². The zero-order valence-electron chi connectivity index (χ0n) is 12.9. The lowest BCUT2D eigenvalue weighted by molar-refractivity contribution is 0.828. The Morgan fingerprint density at radius 1 is 1.00 bits per heavy atom. The first-order valence-electron chi connectivity index (χ1n) is 7.72. The van der Waals surface area contributed by atoms with Crippen LogP contribution in [0.4, 0.5) is 5.82 Å². The maximum atomic E-state index is 6.20. The third-order valence-corrected chi connectivity index (χ3v) is 4.35. The SMILES string of the molecule is Nc1nc(C2C=NC=CC2)nc2ccc(-c3ccc(Cl)cc3)cc12. The van der Waals surface area contributed by atoms with Crippen molar-refractivity contribution in [3.8, 4) is 11.1 Å². The fourth-order valence-corrected chi connectivity index (χ4v) is 2.94. The zero-order valence-corrected chi connectivity index (χ0v) is 13.6. The van der Waals surface area contributed by atoms with E-state index in [4.69, 9.17) is 17.3 Å². The third kappa shape index (κ3) is 2.76. The highest BCUT2D eigenvalue weighted by Gasteiger charge is 2.15. The maximum Gasteiger partial charge on any atom is 0.140 e. The minimum Gasteiger partial charge on any atom is -0.383 e. The number of hydrogen-bond acceptors (Lipinski definition) is 4. The maximum absolute atomic E-state index is 6.20. The number of nitrogens with zero attached hydrogens (tertiary/aromatic N) is 3. The van der Waals surface area contributed by atoms with E-state index in [1.54, 1.807) is 6.20 Å². The molecule has 4 nitrogen and oxygen atoms in total. The Bertz CT molecular complexity index is 961. The number of halogens is 1. The number of fused-ring (bicyclic) bond motifs is 1. The van der Waals surface area contributed by atoms with E-state index in [1.165, 1.54) is 0 Å². The van der Waals surface area contributed by atoms with Crippen LogP contribution >= 0.6 is 11.6 Å². The van der Waals surface area contributed by atoms with Crippen molar-refractivity contribution in [1.82, 2.24) is 9.97 Å². The smallest absolute Gasteiger partial charge is 0.140 e. The van der Waals surface area contributed by atoms with Crippen molar-refractivity contribution in [3.63, 3.8) is 0 Å². The van der Waals surface area contributed by atoms with Crippen molar-refractivity contribution in [1.29, 1.82) is 0 Å². The van der Waals surface area contributed by atoms with Gasteiger partial charge in [0.15, 0.2) is 0 Å². The lowest BCUT2D eigenvalue weighted by Gasteiger charge is -2.13. The Labute approximate surface area is 144 Å². The summed E-state index contributed by atoms with van der Waals surface area (Å²) in [5.74, 6) is 1.29. The molecule has 1 aliphatic heterocycles. The van der Waals surface area contributed by atoms with Crippen LogP contribution in [0.3, 0.4) is 0 Å². The Morgan fingerprint density at radius 2 is 1.79 bits per heavy atom. The minimum absolute atomic E-state index is 0.0811. The summed E-state index contributed by atoms with van der Waals surface area (Å²) >= 11 is 5.96. The lowest BCUT2D eigenvalue weighted by atomic mass is 10.0. The van der Waals surface area contributed by atoms with Gasteiger partial charge in [-0.1, -0.05) is 35.9 Å². The fourth-order valence-electron chi connectivity index (χ4n) is 2.81. The standard InChI is InChI=1S/C19H15ClN4/c20-15-6-3-12(4-7-15)13-5-8-17-16(10-13)18(21)24-19(23-17)14-2-1-9-22-11-14/h1,3-11,14H,2H2,(H2,21,23,24). The number of allylic oxidation sites excluding steroid dienone is 1. The van der Waals surface area contributed by atoms with Gasteiger partial charge in [0.1, 0.15) is 11.6 Å². The van der Waals surface area contributed by atoms with Crippen molar-refractivity contribution < 1.29 is 0 Å². The number of nitrogen functional groups attached to an aromatic ring is 1. The van der Waals surface area contributed by atoms with Gasteiger partial charge in [0.2, 0.25) is 0 Å². The van der Waals surface area contributed by atoms with Crippen molar-refractivity contribution in [2.24, 2.45) is 4.99 Å². The molecule has 1 aromatic heterocycles. The summed E-state index contributed by atoms with van der Waals surface area (Å²) in [6.45, 7) is 0. The van der Waals surface area contributed by atoms with Crippen LogP contribution < -0.4 is 5.73 Å². The lowest BCUT2D eigenvalue weighted by Crippen LogP contribution is -2.09. The van der Waals surface area contributed by atoms with Gasteiger partial charge in [-0.2, -0.15) is 0 Å². The quantitative estimate of drug-likeness (QED) is 0.744. The van der Waals surface area contributed by atoms with Gasteiger partial charge in [-0.05, 0) is 41.8 Å². The molecule has 0 fully saturated rings. The molecule has 3 aromatic rings. The molecule has 0 radical (unpaired) electrons. The van der Waals surface area contributed by atoms with E-state index in [1.807, 2.05) is 54.8 Å². The normalized spacial score (nSPS) is 16.6. The van der Waals surface area contributed by atoms with E-state index in [9.17, 15) is 0 Å². The van der Waals surface area contributed by atoms with Crippen molar-refractivity contribution in [2.45, 2.75) is 12.3 Å². The highest BCUT2D eigenvalue weighted by atomic mass is 35.5. The molecule has 2 N–H and O–H groups in total. The van der Waals surface area contributed by atoms with Crippen LogP contribution in [-0.2, 0) is 0 Å². The van der Waals surface area contributed by atoms with Gasteiger partial charge >= 0.3 is 0 Å². The molecular weight excluding hydrogens is 320 g/mol. The van der Waals surface area contributed by atoms with Gasteiger partial charge in [0.05, 0.1) is 11.4 Å². The number of hydrogen-bond donors (Lipinski definition) is 1. The predicted molar refractivity (Wildman–Crippen MR) is 99.4 cm³/mol. The fraction of sp³-hybridized carbons (Fsp3) is 0.105. The van der Waals surface area contributed by atoms with E-state index in [0.29, 0.717) is 11.6 Å². The van der Waals surface area contributed by atoms with E-state index >= 15 is 0 Å². The summed E-state index contributed by atoms with van der Waals surface area (Å²) < 4.78 is 0. The number of nitrogens with two attached hydrogens (primary N) is 1. The molecule has 2 heterocycles. The second kappa shape index (κ2) is 6.06. The Kier molecular flexibility index (Phi) is 3.75. The first-order chi connectivity index (χ1) is 11.7. The molecule has 2 aromatic carbocycles. The molecule has 0 aliphatic carbocycles. The van der Waals surface area contributed by atoms with Crippen molar-refractivity contribution in [3.05, 3.63) is 65.6 Å². The number of aliphatic imine (C=N–C) groups is 1. The number of benzene rings is 2. The second-order valence-electron chi connectivity index (χ2n) is 5.73. The van der Waals surface area contributed by atoms with Crippen LogP contribution in [0.2, 0.25) is 5.02 Å². The summed E-state index contributed by atoms with van der Waals surface area (Å²) in [5.41, 5.74) is 9.18. The van der Waals surface area contributed by atoms with E-state index in [2.05, 4.69) is 15.0 Å². The first-order valence-corrected chi connectivity index (χ1v) is 8.10. The van der Waals surface area contributed by atoms with Crippen LogP contribution in [0.1, 0.15) is 18.2 Å². The molecule has 5 heteroatoms. The molecule has 0 bridgehead atoms. The van der Waals surface area contributed by atoms with Crippen molar-refractivity contribution in [2.75, 3.05) is 5.73 Å². The highest BCUT2D eigenvalue weighted by Crippen LogP contribution is 2.29. The van der Waals surface area contributed by atoms with Crippen LogP contribution in [0.25, 0.3) is 22.0 Å². The van der Waals surface area contributed by atoms with Crippen LogP contribution in [-0.4, -0.2) is 16.2 Å². The molecular formula is C19H15ClN4. The molecule has 0 spiro atoms. The Morgan fingerprint density at radius 3 is 2.54 bits per heavy atom. The van der Waals surface area contributed by atoms with Gasteiger partial charge in [-0.3, -0.25) is 4.99 Å². The molecule has 118 valence electrons. The summed E-state index contributed by atoms with van der Waals surface area (Å²) in [5, 5.41) is 1.57. The average Bonchev–Trinajstić information content (AvgIpc) is 2.63. The zero-order chi connectivity index (χ0) is 16.5. The summed E-state index contributed by atoms with van der Waals surface area (Å²) in [6.07, 6.45) is 6.51. The van der Waals surface area contributed by atoms with Gasteiger partial charge in [-0.25, -0.2) is 9.97 Å². The predicted octanol–water partition coefficient (Wildman–Crippen LogP) is 4.60. The van der Waals surface area contributed by atoms with Gasteiger partial charge < -0.3 is 5.73 Å². The first kappa shape index (κ1) is 14.8. The van der Waals surface area contributed by atoms with Crippen LogP contribution in [0.5, 0.6) is 0 Å². The summed E-state index contributed by atoms with van der Waals surface area (Å²) in [4.78, 5) is 13.3.